The van der Waals surface area contributed by atoms with Crippen molar-refractivity contribution in [2.24, 2.45) is 0 Å². The third-order valence-electron chi connectivity index (χ3n) is 3.22. The molecule has 0 aromatic heterocycles. The van der Waals surface area contributed by atoms with Gasteiger partial charge < -0.3 is 15.0 Å². The zero-order valence-electron chi connectivity index (χ0n) is 8.99. The molecule has 2 aliphatic rings. The SMILES string of the molecule is Cc1ccc2c(c1)NCC1COCCN21. The van der Waals surface area contributed by atoms with Gasteiger partial charge >= 0.3 is 0 Å². The first kappa shape index (κ1) is 9.04. The molecule has 3 heteroatoms. The number of benzene rings is 1. The third kappa shape index (κ3) is 1.47. The predicted molar refractivity (Wildman–Crippen MR) is 61.6 cm³/mol. The molecule has 1 saturated heterocycles. The molecule has 2 aliphatic heterocycles. The predicted octanol–water partition coefficient (Wildman–Crippen LogP) is 1.63. The fourth-order valence-corrected chi connectivity index (χ4v) is 2.41. The zero-order chi connectivity index (χ0) is 10.3. The van der Waals surface area contributed by atoms with Crippen LogP contribution in [0.4, 0.5) is 11.4 Å². The van der Waals surface area contributed by atoms with Crippen LogP contribution in [0.15, 0.2) is 18.2 Å². The van der Waals surface area contributed by atoms with Crippen molar-refractivity contribution in [2.45, 2.75) is 13.0 Å². The fraction of sp³-hybridized carbons (Fsp3) is 0.500. The van der Waals surface area contributed by atoms with E-state index in [0.717, 1.165) is 26.3 Å². The van der Waals surface area contributed by atoms with Gasteiger partial charge in [-0.3, -0.25) is 0 Å². The molecule has 1 aromatic carbocycles. The van der Waals surface area contributed by atoms with Gasteiger partial charge in [0.05, 0.1) is 30.6 Å². The molecular formula is C12H16N2O. The highest BCUT2D eigenvalue weighted by Gasteiger charge is 2.28. The monoisotopic (exact) mass is 204 g/mol. The van der Waals surface area contributed by atoms with Crippen molar-refractivity contribution in [3.63, 3.8) is 0 Å². The Morgan fingerprint density at radius 1 is 1.47 bits per heavy atom. The van der Waals surface area contributed by atoms with Gasteiger partial charge in [0.1, 0.15) is 0 Å². The number of ether oxygens (including phenoxy) is 1. The second kappa shape index (κ2) is 3.42. The van der Waals surface area contributed by atoms with Gasteiger partial charge in [0.15, 0.2) is 0 Å². The summed E-state index contributed by atoms with van der Waals surface area (Å²) in [4.78, 5) is 2.47. The molecule has 0 amide bonds. The standard InChI is InChI=1S/C12H16N2O/c1-9-2-3-12-11(6-9)13-7-10-8-15-5-4-14(10)12/h2-3,6,10,13H,4-5,7-8H2,1H3. The van der Waals surface area contributed by atoms with Gasteiger partial charge in [-0.1, -0.05) is 6.07 Å². The van der Waals surface area contributed by atoms with Gasteiger partial charge in [0.25, 0.3) is 0 Å². The number of hydrogen-bond acceptors (Lipinski definition) is 3. The summed E-state index contributed by atoms with van der Waals surface area (Å²) in [5.41, 5.74) is 3.92. The number of morpholine rings is 1. The maximum Gasteiger partial charge on any atom is 0.0697 e. The van der Waals surface area contributed by atoms with Crippen LogP contribution in [0.3, 0.4) is 0 Å². The van der Waals surface area contributed by atoms with Gasteiger partial charge in [0.2, 0.25) is 0 Å². The van der Waals surface area contributed by atoms with E-state index in [2.05, 4.69) is 35.3 Å². The minimum atomic E-state index is 0.508. The number of nitrogens with zero attached hydrogens (tertiary/aromatic N) is 1. The maximum absolute atomic E-state index is 5.50. The third-order valence-corrected chi connectivity index (χ3v) is 3.22. The Kier molecular flexibility index (Phi) is 2.06. The lowest BCUT2D eigenvalue weighted by molar-refractivity contribution is 0.0964. The Bertz CT molecular complexity index is 378. The lowest BCUT2D eigenvalue weighted by Gasteiger charge is -2.42. The average molecular weight is 204 g/mol. The van der Waals surface area contributed by atoms with Crippen molar-refractivity contribution in [2.75, 3.05) is 36.5 Å². The van der Waals surface area contributed by atoms with Crippen LogP contribution in [0.2, 0.25) is 0 Å². The Hall–Kier alpha value is -1.22. The van der Waals surface area contributed by atoms with Crippen LogP contribution in [0.1, 0.15) is 5.56 Å². The van der Waals surface area contributed by atoms with Crippen molar-refractivity contribution in [1.82, 2.24) is 0 Å². The van der Waals surface area contributed by atoms with Gasteiger partial charge in [-0.25, -0.2) is 0 Å². The number of rotatable bonds is 0. The molecule has 3 rings (SSSR count). The molecule has 15 heavy (non-hydrogen) atoms. The lowest BCUT2D eigenvalue weighted by Crippen LogP contribution is -2.51. The zero-order valence-corrected chi connectivity index (χ0v) is 8.99. The molecule has 1 atom stereocenters. The van der Waals surface area contributed by atoms with Gasteiger partial charge in [-0.15, -0.1) is 0 Å². The Morgan fingerprint density at radius 3 is 3.33 bits per heavy atom. The van der Waals surface area contributed by atoms with Crippen LogP contribution in [0.5, 0.6) is 0 Å². The second-order valence-electron chi connectivity index (χ2n) is 4.32. The van der Waals surface area contributed by atoms with E-state index in [1.165, 1.54) is 16.9 Å². The quantitative estimate of drug-likeness (QED) is 0.695. The Labute approximate surface area is 90.0 Å². The number of anilines is 2. The van der Waals surface area contributed by atoms with Gasteiger partial charge in [-0.05, 0) is 24.6 Å². The molecule has 0 radical (unpaired) electrons. The summed E-state index contributed by atoms with van der Waals surface area (Å²) >= 11 is 0. The summed E-state index contributed by atoms with van der Waals surface area (Å²) in [6, 6.07) is 7.13. The smallest absolute Gasteiger partial charge is 0.0697 e. The summed E-state index contributed by atoms with van der Waals surface area (Å²) in [6.45, 7) is 5.84. The van der Waals surface area contributed by atoms with Crippen LogP contribution in [-0.4, -0.2) is 32.3 Å². The van der Waals surface area contributed by atoms with Crippen LogP contribution in [-0.2, 0) is 4.74 Å². The van der Waals surface area contributed by atoms with Crippen molar-refractivity contribution in [3.8, 4) is 0 Å². The van der Waals surface area contributed by atoms with E-state index in [1.807, 2.05) is 0 Å². The molecule has 0 saturated carbocycles. The van der Waals surface area contributed by atoms with Crippen LogP contribution >= 0.6 is 0 Å². The topological polar surface area (TPSA) is 24.5 Å². The normalized spacial score (nSPS) is 24.1. The van der Waals surface area contributed by atoms with Crippen molar-refractivity contribution in [3.05, 3.63) is 23.8 Å². The molecular weight excluding hydrogens is 188 g/mol. The van der Waals surface area contributed by atoms with E-state index in [-0.39, 0.29) is 0 Å². The molecule has 2 heterocycles. The van der Waals surface area contributed by atoms with E-state index < -0.39 is 0 Å². The van der Waals surface area contributed by atoms with Crippen LogP contribution in [0, 0.1) is 6.92 Å². The lowest BCUT2D eigenvalue weighted by atomic mass is 10.1. The molecule has 1 N–H and O–H groups in total. The maximum atomic E-state index is 5.50. The Balaban J connectivity index is 1.99. The van der Waals surface area contributed by atoms with Crippen LogP contribution < -0.4 is 10.2 Å². The molecule has 1 unspecified atom stereocenters. The van der Waals surface area contributed by atoms with Crippen LogP contribution in [0.25, 0.3) is 0 Å². The highest BCUT2D eigenvalue weighted by atomic mass is 16.5. The van der Waals surface area contributed by atoms with Gasteiger partial charge in [-0.2, -0.15) is 0 Å². The largest absolute Gasteiger partial charge is 0.381 e. The fourth-order valence-electron chi connectivity index (χ4n) is 2.41. The molecule has 0 spiro atoms. The van der Waals surface area contributed by atoms with Crippen molar-refractivity contribution in [1.29, 1.82) is 0 Å². The summed E-state index contributed by atoms with van der Waals surface area (Å²) in [5, 5.41) is 3.48. The Morgan fingerprint density at radius 2 is 2.40 bits per heavy atom. The highest BCUT2D eigenvalue weighted by Crippen LogP contribution is 2.33. The number of nitrogens with one attached hydrogen (secondary N) is 1. The minimum Gasteiger partial charge on any atom is -0.381 e. The van der Waals surface area contributed by atoms with E-state index in [9.17, 15) is 0 Å². The first-order valence-corrected chi connectivity index (χ1v) is 5.53. The summed E-state index contributed by atoms with van der Waals surface area (Å²) in [5.74, 6) is 0. The second-order valence-corrected chi connectivity index (χ2v) is 4.32. The summed E-state index contributed by atoms with van der Waals surface area (Å²) < 4.78 is 5.50. The molecule has 3 nitrogen and oxygen atoms in total. The first-order chi connectivity index (χ1) is 7.34. The molecule has 0 bridgehead atoms. The summed E-state index contributed by atoms with van der Waals surface area (Å²) in [6.07, 6.45) is 0. The minimum absolute atomic E-state index is 0.508. The number of hydrogen-bond donors (Lipinski definition) is 1. The first-order valence-electron chi connectivity index (χ1n) is 5.53. The van der Waals surface area contributed by atoms with E-state index in [0.29, 0.717) is 6.04 Å². The van der Waals surface area contributed by atoms with Crippen molar-refractivity contribution < 1.29 is 4.74 Å². The highest BCUT2D eigenvalue weighted by molar-refractivity contribution is 5.73. The number of aryl methyl sites for hydroxylation is 1. The summed E-state index contributed by atoms with van der Waals surface area (Å²) in [7, 11) is 0. The van der Waals surface area contributed by atoms with E-state index >= 15 is 0 Å². The molecule has 80 valence electrons. The van der Waals surface area contributed by atoms with E-state index in [4.69, 9.17) is 4.74 Å². The van der Waals surface area contributed by atoms with Crippen molar-refractivity contribution >= 4 is 11.4 Å². The number of fused-ring (bicyclic) bond motifs is 3. The molecule has 0 aliphatic carbocycles. The molecule has 1 aromatic rings. The van der Waals surface area contributed by atoms with E-state index in [1.54, 1.807) is 0 Å². The van der Waals surface area contributed by atoms with Gasteiger partial charge in [0, 0.05) is 13.1 Å². The average Bonchev–Trinajstić information content (AvgIpc) is 2.28. The molecule has 1 fully saturated rings.